The molecule has 2 aliphatic rings. The van der Waals surface area contributed by atoms with Crippen LogP contribution in [-0.2, 0) is 27.1 Å². The average Bonchev–Trinajstić information content (AvgIpc) is 2.86. The van der Waals surface area contributed by atoms with Crippen LogP contribution in [0.15, 0.2) is 18.2 Å². The molecule has 0 aromatic heterocycles. The van der Waals surface area contributed by atoms with E-state index in [0.29, 0.717) is 12.8 Å². The predicted octanol–water partition coefficient (Wildman–Crippen LogP) is 2.28. The van der Waals surface area contributed by atoms with Gasteiger partial charge in [0.05, 0.1) is 17.4 Å². The molecule has 3 amide bonds. The van der Waals surface area contributed by atoms with Gasteiger partial charge in [-0.05, 0) is 36.6 Å². The summed E-state index contributed by atoms with van der Waals surface area (Å²) in [5, 5.41) is 2.34. The number of amides is 3. The number of carbonyl (C=O) groups is 3. The van der Waals surface area contributed by atoms with E-state index in [1.807, 2.05) is 0 Å². The van der Waals surface area contributed by atoms with Crippen molar-refractivity contribution < 1.29 is 27.6 Å². The van der Waals surface area contributed by atoms with Crippen LogP contribution in [-0.4, -0.2) is 29.2 Å². The molecule has 27 heavy (non-hydrogen) atoms. The number of alkyl halides is 3. The third-order valence-electron chi connectivity index (χ3n) is 5.07. The summed E-state index contributed by atoms with van der Waals surface area (Å²) in [4.78, 5) is 37.9. The normalized spacial score (nSPS) is 22.7. The number of rotatable bonds is 4. The molecule has 0 bridgehead atoms. The molecule has 6 nitrogen and oxygen atoms in total. The van der Waals surface area contributed by atoms with Gasteiger partial charge >= 0.3 is 6.18 Å². The van der Waals surface area contributed by atoms with Crippen molar-refractivity contribution in [2.45, 2.75) is 38.4 Å². The van der Waals surface area contributed by atoms with Crippen molar-refractivity contribution in [1.82, 2.24) is 4.90 Å². The Morgan fingerprint density at radius 1 is 1.11 bits per heavy atom. The van der Waals surface area contributed by atoms with Crippen molar-refractivity contribution in [3.63, 3.8) is 0 Å². The van der Waals surface area contributed by atoms with Crippen LogP contribution in [0.25, 0.3) is 0 Å². The SMILES string of the molecule is NCc1cc(NC(=O)CN2C(=O)C3CCCCC3C2=O)cc(C(F)(F)F)c1. The van der Waals surface area contributed by atoms with E-state index in [1.165, 1.54) is 6.07 Å². The predicted molar refractivity (Wildman–Crippen MR) is 90.1 cm³/mol. The molecule has 0 spiro atoms. The van der Waals surface area contributed by atoms with Crippen LogP contribution >= 0.6 is 0 Å². The van der Waals surface area contributed by atoms with Crippen molar-refractivity contribution in [1.29, 1.82) is 0 Å². The van der Waals surface area contributed by atoms with Gasteiger partial charge in [-0.25, -0.2) is 0 Å². The van der Waals surface area contributed by atoms with Crippen molar-refractivity contribution in [3.05, 3.63) is 29.3 Å². The van der Waals surface area contributed by atoms with Crippen LogP contribution in [0.2, 0.25) is 0 Å². The molecule has 1 saturated carbocycles. The van der Waals surface area contributed by atoms with E-state index >= 15 is 0 Å². The van der Waals surface area contributed by atoms with E-state index < -0.39 is 24.2 Å². The third kappa shape index (κ3) is 3.97. The first-order chi connectivity index (χ1) is 12.7. The van der Waals surface area contributed by atoms with Gasteiger partial charge in [-0.15, -0.1) is 0 Å². The molecule has 3 rings (SSSR count). The molecule has 1 aliphatic heterocycles. The topological polar surface area (TPSA) is 92.5 Å². The fourth-order valence-corrected chi connectivity index (χ4v) is 3.78. The number of carbonyl (C=O) groups excluding carboxylic acids is 3. The molecule has 1 aromatic carbocycles. The van der Waals surface area contributed by atoms with Gasteiger partial charge in [0.2, 0.25) is 17.7 Å². The van der Waals surface area contributed by atoms with E-state index in [1.54, 1.807) is 0 Å². The fourth-order valence-electron chi connectivity index (χ4n) is 3.78. The second-order valence-electron chi connectivity index (χ2n) is 6.93. The number of fused-ring (bicyclic) bond motifs is 1. The van der Waals surface area contributed by atoms with Gasteiger partial charge in [-0.3, -0.25) is 19.3 Å². The zero-order valence-corrected chi connectivity index (χ0v) is 14.5. The van der Waals surface area contributed by atoms with Crippen molar-refractivity contribution in [3.8, 4) is 0 Å². The summed E-state index contributed by atoms with van der Waals surface area (Å²) in [7, 11) is 0. The van der Waals surface area contributed by atoms with Crippen LogP contribution in [0.5, 0.6) is 0 Å². The van der Waals surface area contributed by atoms with Gasteiger partial charge in [0.15, 0.2) is 0 Å². The summed E-state index contributed by atoms with van der Waals surface area (Å²) in [6, 6.07) is 3.04. The summed E-state index contributed by atoms with van der Waals surface area (Å²) in [5.41, 5.74) is 4.62. The molecule has 3 N–H and O–H groups in total. The monoisotopic (exact) mass is 383 g/mol. The van der Waals surface area contributed by atoms with Gasteiger partial charge in [0, 0.05) is 12.2 Å². The molecule has 2 atom stereocenters. The molecule has 146 valence electrons. The van der Waals surface area contributed by atoms with Crippen LogP contribution in [0, 0.1) is 11.8 Å². The minimum atomic E-state index is -4.58. The first-order valence-corrected chi connectivity index (χ1v) is 8.77. The Morgan fingerprint density at radius 2 is 1.70 bits per heavy atom. The number of anilines is 1. The van der Waals surface area contributed by atoms with Gasteiger partial charge in [0.25, 0.3) is 0 Å². The second kappa shape index (κ2) is 7.30. The maximum Gasteiger partial charge on any atom is 0.416 e. The number of hydrogen-bond donors (Lipinski definition) is 2. The fraction of sp³-hybridized carbons (Fsp3) is 0.500. The van der Waals surface area contributed by atoms with Gasteiger partial charge in [-0.1, -0.05) is 12.8 Å². The Kier molecular flexibility index (Phi) is 5.23. The average molecular weight is 383 g/mol. The maximum atomic E-state index is 13.0. The Bertz CT molecular complexity index is 755. The van der Waals surface area contributed by atoms with E-state index in [-0.39, 0.29) is 41.4 Å². The molecule has 0 radical (unpaired) electrons. The lowest BCUT2D eigenvalue weighted by atomic mass is 9.81. The Hall–Kier alpha value is -2.42. The molecular formula is C18H20F3N3O3. The highest BCUT2D eigenvalue weighted by Crippen LogP contribution is 2.38. The van der Waals surface area contributed by atoms with Crippen molar-refractivity contribution in [2.75, 3.05) is 11.9 Å². The van der Waals surface area contributed by atoms with Crippen LogP contribution < -0.4 is 11.1 Å². The van der Waals surface area contributed by atoms with Crippen LogP contribution in [0.3, 0.4) is 0 Å². The summed E-state index contributed by atoms with van der Waals surface area (Å²) in [6.07, 6.45) is -1.60. The van der Waals surface area contributed by atoms with E-state index in [0.717, 1.165) is 29.9 Å². The zero-order chi connectivity index (χ0) is 19.8. The molecule has 1 aliphatic carbocycles. The largest absolute Gasteiger partial charge is 0.416 e. The second-order valence-corrected chi connectivity index (χ2v) is 6.93. The lowest BCUT2D eigenvalue weighted by Crippen LogP contribution is -2.38. The number of nitrogens with one attached hydrogen (secondary N) is 1. The van der Waals surface area contributed by atoms with Gasteiger partial charge < -0.3 is 11.1 Å². The highest BCUT2D eigenvalue weighted by molar-refractivity contribution is 6.08. The maximum absolute atomic E-state index is 13.0. The summed E-state index contributed by atoms with van der Waals surface area (Å²) < 4.78 is 38.9. The first kappa shape index (κ1) is 19.3. The van der Waals surface area contributed by atoms with Crippen LogP contribution in [0.4, 0.5) is 18.9 Å². The zero-order valence-electron chi connectivity index (χ0n) is 14.5. The Balaban J connectivity index is 1.73. The molecule has 1 saturated heterocycles. The van der Waals surface area contributed by atoms with Gasteiger partial charge in [-0.2, -0.15) is 13.2 Å². The highest BCUT2D eigenvalue weighted by atomic mass is 19.4. The molecule has 2 unspecified atom stereocenters. The summed E-state index contributed by atoms with van der Waals surface area (Å²) in [6.45, 7) is -0.627. The lowest BCUT2D eigenvalue weighted by Gasteiger charge is -2.19. The van der Waals surface area contributed by atoms with E-state index in [9.17, 15) is 27.6 Å². The number of nitrogens with zero attached hydrogens (tertiary/aromatic N) is 1. The lowest BCUT2D eigenvalue weighted by molar-refractivity contribution is -0.142. The number of likely N-dealkylation sites (tertiary alicyclic amines) is 1. The smallest absolute Gasteiger partial charge is 0.326 e. The van der Waals surface area contributed by atoms with Crippen molar-refractivity contribution in [2.24, 2.45) is 17.6 Å². The van der Waals surface area contributed by atoms with Crippen molar-refractivity contribution >= 4 is 23.4 Å². The first-order valence-electron chi connectivity index (χ1n) is 8.77. The highest BCUT2D eigenvalue weighted by Gasteiger charge is 2.48. The molecule has 2 fully saturated rings. The number of imide groups is 1. The quantitative estimate of drug-likeness (QED) is 0.781. The molecule has 1 heterocycles. The summed E-state index contributed by atoms with van der Waals surface area (Å²) in [5.74, 6) is -2.22. The third-order valence-corrected chi connectivity index (χ3v) is 5.07. The van der Waals surface area contributed by atoms with Crippen LogP contribution in [0.1, 0.15) is 36.8 Å². The minimum Gasteiger partial charge on any atom is -0.326 e. The van der Waals surface area contributed by atoms with E-state index in [2.05, 4.69) is 5.32 Å². The molecular weight excluding hydrogens is 363 g/mol. The molecule has 1 aromatic rings. The molecule has 9 heteroatoms. The number of benzene rings is 1. The van der Waals surface area contributed by atoms with Gasteiger partial charge in [0.1, 0.15) is 6.54 Å². The number of hydrogen-bond acceptors (Lipinski definition) is 4. The number of nitrogens with two attached hydrogens (primary N) is 1. The Morgan fingerprint density at radius 3 is 2.22 bits per heavy atom. The minimum absolute atomic E-state index is 0.0770. The standard InChI is InChI=1S/C18H20F3N3O3/c19-18(20,21)11-5-10(8-22)6-12(7-11)23-15(25)9-24-16(26)13-3-1-2-4-14(13)17(24)27/h5-7,13-14H,1-4,8-9,22H2,(H,23,25). The summed E-state index contributed by atoms with van der Waals surface area (Å²) >= 11 is 0. The van der Waals surface area contributed by atoms with E-state index in [4.69, 9.17) is 5.73 Å². The number of halogens is 3. The Labute approximate surface area is 153 Å².